The van der Waals surface area contributed by atoms with Crippen LogP contribution in [0, 0.1) is 5.92 Å². The molecule has 0 amide bonds. The lowest BCUT2D eigenvalue weighted by molar-refractivity contribution is 0.669. The van der Waals surface area contributed by atoms with E-state index in [0.29, 0.717) is 11.5 Å². The summed E-state index contributed by atoms with van der Waals surface area (Å²) < 4.78 is 6.44. The van der Waals surface area contributed by atoms with E-state index in [1.54, 1.807) is 0 Å². The highest BCUT2D eigenvalue weighted by atomic mass is 16.3. The van der Waals surface area contributed by atoms with Gasteiger partial charge in [-0.05, 0) is 88.0 Å². The number of fused-ring (bicyclic) bond motifs is 9. The highest BCUT2D eigenvalue weighted by Gasteiger charge is 2.18. The molecule has 0 aliphatic heterocycles. The Morgan fingerprint density at radius 3 is 1.98 bits per heavy atom. The van der Waals surface area contributed by atoms with Crippen LogP contribution in [-0.4, -0.2) is 11.5 Å². The van der Waals surface area contributed by atoms with Crippen LogP contribution in [0.15, 0.2) is 154 Å². The first kappa shape index (κ1) is 31.1. The first-order chi connectivity index (χ1) is 23.5. The highest BCUT2D eigenvalue weighted by Crippen LogP contribution is 2.39. The minimum Gasteiger partial charge on any atom is -0.456 e. The van der Waals surface area contributed by atoms with Crippen molar-refractivity contribution in [3.8, 4) is 11.1 Å². The lowest BCUT2D eigenvalue weighted by Gasteiger charge is -2.13. The van der Waals surface area contributed by atoms with Gasteiger partial charge in [0.15, 0.2) is 5.84 Å². The predicted molar refractivity (Wildman–Crippen MR) is 208 cm³/mol. The van der Waals surface area contributed by atoms with Gasteiger partial charge in [0.25, 0.3) is 0 Å². The molecule has 1 unspecified atom stereocenters. The maximum absolute atomic E-state index is 6.44. The van der Waals surface area contributed by atoms with E-state index in [1.165, 1.54) is 32.3 Å². The Labute approximate surface area is 282 Å². The molecule has 0 bridgehead atoms. The van der Waals surface area contributed by atoms with Gasteiger partial charge in [-0.2, -0.15) is 0 Å². The molecule has 0 fully saturated rings. The second-order valence-electron chi connectivity index (χ2n) is 12.6. The van der Waals surface area contributed by atoms with Gasteiger partial charge in [0, 0.05) is 33.7 Å². The summed E-state index contributed by atoms with van der Waals surface area (Å²) in [5, 5.41) is 9.68. The van der Waals surface area contributed by atoms with Crippen LogP contribution in [0.5, 0.6) is 0 Å². The van der Waals surface area contributed by atoms with Crippen molar-refractivity contribution in [3.05, 3.63) is 145 Å². The summed E-state index contributed by atoms with van der Waals surface area (Å²) in [5.41, 5.74) is 6.71. The molecule has 0 N–H and O–H groups in total. The molecule has 3 nitrogen and oxygen atoms in total. The number of nitrogens with zero attached hydrogens (tertiary/aromatic N) is 2. The van der Waals surface area contributed by atoms with Gasteiger partial charge in [-0.15, -0.1) is 0 Å². The molecule has 48 heavy (non-hydrogen) atoms. The Morgan fingerprint density at radius 2 is 1.33 bits per heavy atom. The molecule has 0 saturated heterocycles. The average Bonchev–Trinajstić information content (AvgIpc) is 3.49. The minimum absolute atomic E-state index is 0.171. The molecule has 0 aliphatic rings. The first-order valence-corrected chi connectivity index (χ1v) is 16.9. The van der Waals surface area contributed by atoms with E-state index in [-0.39, 0.29) is 5.92 Å². The first-order valence-electron chi connectivity index (χ1n) is 16.9. The van der Waals surface area contributed by atoms with Crippen LogP contribution in [0.3, 0.4) is 0 Å². The maximum atomic E-state index is 6.44. The number of hydrogen-bond donors (Lipinski definition) is 0. The van der Waals surface area contributed by atoms with E-state index >= 15 is 0 Å². The molecule has 6 aromatic carbocycles. The van der Waals surface area contributed by atoms with Crippen molar-refractivity contribution >= 4 is 65.8 Å². The zero-order chi connectivity index (χ0) is 33.2. The summed E-state index contributed by atoms with van der Waals surface area (Å²) in [4.78, 5) is 10.2. The summed E-state index contributed by atoms with van der Waals surface area (Å²) in [7, 11) is 0. The smallest absolute Gasteiger partial charge is 0.160 e. The molecule has 1 aromatic heterocycles. The fraction of sp³-hybridized carbons (Fsp3) is 0.156. The van der Waals surface area contributed by atoms with Crippen LogP contribution in [0.25, 0.3) is 65.4 Å². The maximum Gasteiger partial charge on any atom is 0.160 e. The zero-order valence-corrected chi connectivity index (χ0v) is 28.1. The van der Waals surface area contributed by atoms with E-state index < -0.39 is 0 Å². The molecule has 3 heteroatoms. The summed E-state index contributed by atoms with van der Waals surface area (Å²) >= 11 is 0. The van der Waals surface area contributed by atoms with Gasteiger partial charge >= 0.3 is 0 Å². The third-order valence-electron chi connectivity index (χ3n) is 9.09. The fourth-order valence-electron chi connectivity index (χ4n) is 6.84. The average molecular weight is 625 g/mol. The van der Waals surface area contributed by atoms with Gasteiger partial charge in [-0.25, -0.2) is 9.98 Å². The third-order valence-corrected chi connectivity index (χ3v) is 9.09. The lowest BCUT2D eigenvalue weighted by atomic mass is 9.92. The Hall–Kier alpha value is -5.54. The van der Waals surface area contributed by atoms with Crippen molar-refractivity contribution in [2.45, 2.75) is 40.5 Å². The van der Waals surface area contributed by atoms with Gasteiger partial charge in [-0.3, -0.25) is 0 Å². The van der Waals surface area contributed by atoms with E-state index in [1.807, 2.05) is 32.1 Å². The van der Waals surface area contributed by atoms with E-state index in [0.717, 1.165) is 57.2 Å². The van der Waals surface area contributed by atoms with Gasteiger partial charge in [-0.1, -0.05) is 130 Å². The standard InChI is InChI=1S/C45H40N2O/c1-6-8-9-16-30(5)41(15-7-2)47-45(46-29(3)4)38-21-14-22-43-44(38)40-28-32(24-26-42(40)48-43)31-23-25-37-35-19-11-10-17-33(35)34-18-12-13-20-36(34)39(37)27-31/h6,8-14,16-28,30H,3,7,15H2,1-2,4-5H3/b8-6-,16-9-,46-45?,47-41?. The summed E-state index contributed by atoms with van der Waals surface area (Å²) in [5.74, 6) is 0.837. The summed E-state index contributed by atoms with van der Waals surface area (Å²) in [6.45, 7) is 12.5. The van der Waals surface area contributed by atoms with Gasteiger partial charge in [0.05, 0.1) is 0 Å². The Kier molecular flexibility index (Phi) is 8.61. The number of aliphatic imine (C=N–C) groups is 2. The molecule has 0 spiro atoms. The normalized spacial score (nSPS) is 13.7. The molecule has 7 aromatic rings. The quantitative estimate of drug-likeness (QED) is 0.0717. The van der Waals surface area contributed by atoms with E-state index in [2.05, 4.69) is 130 Å². The highest BCUT2D eigenvalue weighted by molar-refractivity contribution is 6.26. The third kappa shape index (κ3) is 5.77. The molecular formula is C45H40N2O. The molecule has 7 rings (SSSR count). The molecule has 0 aliphatic carbocycles. The topological polar surface area (TPSA) is 37.9 Å². The van der Waals surface area contributed by atoms with Crippen molar-refractivity contribution in [2.75, 3.05) is 0 Å². The van der Waals surface area contributed by atoms with Crippen LogP contribution in [0.4, 0.5) is 0 Å². The van der Waals surface area contributed by atoms with Crippen LogP contribution in [0.1, 0.15) is 46.1 Å². The molecule has 236 valence electrons. The van der Waals surface area contributed by atoms with Crippen LogP contribution in [-0.2, 0) is 0 Å². The van der Waals surface area contributed by atoms with Crippen molar-refractivity contribution in [1.82, 2.24) is 0 Å². The number of allylic oxidation sites excluding steroid dienone is 5. The Bertz CT molecular complexity index is 2430. The molecule has 1 heterocycles. The van der Waals surface area contributed by atoms with Crippen LogP contribution < -0.4 is 0 Å². The van der Waals surface area contributed by atoms with Gasteiger partial charge in [0.2, 0.25) is 0 Å². The number of rotatable bonds is 8. The van der Waals surface area contributed by atoms with Crippen molar-refractivity contribution in [3.63, 3.8) is 0 Å². The Morgan fingerprint density at radius 1 is 0.708 bits per heavy atom. The zero-order valence-electron chi connectivity index (χ0n) is 28.1. The molecule has 1 atom stereocenters. The Balaban J connectivity index is 1.41. The van der Waals surface area contributed by atoms with Crippen molar-refractivity contribution < 1.29 is 4.42 Å². The van der Waals surface area contributed by atoms with E-state index in [9.17, 15) is 0 Å². The number of hydrogen-bond acceptors (Lipinski definition) is 2. The predicted octanol–water partition coefficient (Wildman–Crippen LogP) is 13.0. The largest absolute Gasteiger partial charge is 0.456 e. The van der Waals surface area contributed by atoms with Crippen LogP contribution in [0.2, 0.25) is 0 Å². The second-order valence-corrected chi connectivity index (χ2v) is 12.6. The molecule has 0 saturated carbocycles. The lowest BCUT2D eigenvalue weighted by Crippen LogP contribution is -2.12. The minimum atomic E-state index is 0.171. The number of furan rings is 1. The van der Waals surface area contributed by atoms with E-state index in [4.69, 9.17) is 14.4 Å². The second kappa shape index (κ2) is 13.3. The number of benzene rings is 6. The van der Waals surface area contributed by atoms with Gasteiger partial charge < -0.3 is 4.42 Å². The SMILES string of the molecule is C=C(C)N=C(N=C(CCC)C(C)/C=C\C=C/C)c1cccc2oc3ccc(-c4ccc5c6ccccc6c6ccccc6c5c4)cc3c12. The monoisotopic (exact) mass is 624 g/mol. The van der Waals surface area contributed by atoms with Crippen LogP contribution >= 0.6 is 0 Å². The van der Waals surface area contributed by atoms with Crippen molar-refractivity contribution in [1.29, 1.82) is 0 Å². The summed E-state index contributed by atoms with van der Waals surface area (Å²) in [6, 6.07) is 37.0. The van der Waals surface area contributed by atoms with Gasteiger partial charge in [0.1, 0.15) is 11.2 Å². The summed E-state index contributed by atoms with van der Waals surface area (Å²) in [6.07, 6.45) is 10.3. The fourth-order valence-corrected chi connectivity index (χ4v) is 6.84. The molecular weight excluding hydrogens is 585 g/mol. The number of amidine groups is 1. The van der Waals surface area contributed by atoms with Crippen molar-refractivity contribution in [2.24, 2.45) is 15.9 Å². The molecule has 0 radical (unpaired) electrons.